The van der Waals surface area contributed by atoms with E-state index in [1.165, 1.54) is 36.0 Å². The van der Waals surface area contributed by atoms with Gasteiger partial charge in [0.15, 0.2) is 0 Å². The lowest BCUT2D eigenvalue weighted by Crippen LogP contribution is -2.31. The number of imide groups is 1. The van der Waals surface area contributed by atoms with Crippen molar-refractivity contribution in [1.82, 2.24) is 0 Å². The molecule has 118 valence electrons. The molecule has 0 bridgehead atoms. The molecule has 0 spiro atoms. The molecule has 3 rings (SSSR count). The number of amides is 2. The van der Waals surface area contributed by atoms with Crippen LogP contribution in [0.15, 0.2) is 53.4 Å². The minimum atomic E-state index is -0.510. The maximum atomic E-state index is 13.0. The van der Waals surface area contributed by atoms with Crippen molar-refractivity contribution in [2.75, 3.05) is 12.0 Å². The van der Waals surface area contributed by atoms with Gasteiger partial charge in [-0.2, -0.15) is 0 Å². The minimum absolute atomic E-state index is 0.110. The van der Waals surface area contributed by atoms with Crippen LogP contribution in [0.5, 0.6) is 5.75 Å². The zero-order chi connectivity index (χ0) is 16.4. The number of carbonyl (C=O) groups is 2. The Hall–Kier alpha value is -2.34. The van der Waals surface area contributed by atoms with Crippen LogP contribution in [0.2, 0.25) is 0 Å². The standard InChI is InChI=1S/C17H14FNO3S/c1-22-13-4-2-3-5-14(13)23-15-10-16(20)19(17(15)21)12-8-6-11(18)7-9-12/h2-9,15H,10H2,1H3. The number of benzene rings is 2. The highest BCUT2D eigenvalue weighted by Crippen LogP contribution is 2.37. The normalized spacial score (nSPS) is 17.7. The summed E-state index contributed by atoms with van der Waals surface area (Å²) in [6.07, 6.45) is 0.110. The van der Waals surface area contributed by atoms with E-state index in [0.717, 1.165) is 9.80 Å². The molecule has 1 atom stereocenters. The van der Waals surface area contributed by atoms with Gasteiger partial charge in [-0.15, -0.1) is 11.8 Å². The molecule has 1 unspecified atom stereocenters. The van der Waals surface area contributed by atoms with Crippen molar-refractivity contribution >= 4 is 29.3 Å². The van der Waals surface area contributed by atoms with Crippen molar-refractivity contribution in [3.8, 4) is 5.75 Å². The van der Waals surface area contributed by atoms with E-state index in [2.05, 4.69) is 0 Å². The third kappa shape index (κ3) is 3.07. The van der Waals surface area contributed by atoms with E-state index in [1.807, 2.05) is 18.2 Å². The smallest absolute Gasteiger partial charge is 0.247 e. The van der Waals surface area contributed by atoms with Gasteiger partial charge in [-0.3, -0.25) is 9.59 Å². The molecule has 2 amide bonds. The predicted molar refractivity (Wildman–Crippen MR) is 86.1 cm³/mol. The van der Waals surface area contributed by atoms with Gasteiger partial charge in [-0.05, 0) is 36.4 Å². The zero-order valence-corrected chi connectivity index (χ0v) is 13.2. The quantitative estimate of drug-likeness (QED) is 0.807. The molecule has 1 aliphatic rings. The molecule has 0 N–H and O–H groups in total. The van der Waals surface area contributed by atoms with Crippen molar-refractivity contribution in [2.45, 2.75) is 16.6 Å². The van der Waals surface area contributed by atoms with Crippen molar-refractivity contribution in [3.05, 3.63) is 54.3 Å². The highest BCUT2D eigenvalue weighted by atomic mass is 32.2. The SMILES string of the molecule is COc1ccccc1SC1CC(=O)N(c2ccc(F)cc2)C1=O. The molecule has 2 aromatic rings. The summed E-state index contributed by atoms with van der Waals surface area (Å²) in [6.45, 7) is 0. The number of thioether (sulfide) groups is 1. The summed E-state index contributed by atoms with van der Waals surface area (Å²) >= 11 is 1.30. The Balaban J connectivity index is 1.82. The van der Waals surface area contributed by atoms with Crippen molar-refractivity contribution in [1.29, 1.82) is 0 Å². The van der Waals surface area contributed by atoms with Crippen LogP contribution in [-0.4, -0.2) is 24.2 Å². The number of nitrogens with zero attached hydrogens (tertiary/aromatic N) is 1. The van der Waals surface area contributed by atoms with E-state index in [4.69, 9.17) is 4.74 Å². The number of hydrogen-bond acceptors (Lipinski definition) is 4. The fraction of sp³-hybridized carbons (Fsp3) is 0.176. The highest BCUT2D eigenvalue weighted by Gasteiger charge is 2.40. The van der Waals surface area contributed by atoms with E-state index in [-0.39, 0.29) is 18.2 Å². The largest absolute Gasteiger partial charge is 0.496 e. The Morgan fingerprint density at radius 3 is 2.52 bits per heavy atom. The van der Waals surface area contributed by atoms with E-state index in [9.17, 15) is 14.0 Å². The van der Waals surface area contributed by atoms with Crippen molar-refractivity contribution < 1.29 is 18.7 Å². The Morgan fingerprint density at radius 1 is 1.13 bits per heavy atom. The van der Waals surface area contributed by atoms with Crippen LogP contribution in [0.3, 0.4) is 0 Å². The maximum Gasteiger partial charge on any atom is 0.247 e. The van der Waals surface area contributed by atoms with Crippen LogP contribution in [0.1, 0.15) is 6.42 Å². The Morgan fingerprint density at radius 2 is 1.83 bits per heavy atom. The lowest BCUT2D eigenvalue weighted by atomic mass is 10.3. The number of anilines is 1. The highest BCUT2D eigenvalue weighted by molar-refractivity contribution is 8.00. The summed E-state index contributed by atoms with van der Waals surface area (Å²) in [5.74, 6) is -0.322. The molecule has 1 fully saturated rings. The summed E-state index contributed by atoms with van der Waals surface area (Å²) in [6, 6.07) is 12.7. The van der Waals surface area contributed by atoms with Gasteiger partial charge in [0.25, 0.3) is 0 Å². The van der Waals surface area contributed by atoms with Crippen LogP contribution in [0, 0.1) is 5.82 Å². The molecule has 0 saturated carbocycles. The van der Waals surface area contributed by atoms with Gasteiger partial charge < -0.3 is 4.74 Å². The molecule has 0 aliphatic carbocycles. The van der Waals surface area contributed by atoms with Crippen LogP contribution in [0.25, 0.3) is 0 Å². The molecule has 1 heterocycles. The fourth-order valence-corrected chi connectivity index (χ4v) is 3.59. The fourth-order valence-electron chi connectivity index (χ4n) is 2.43. The Kier molecular flexibility index (Phi) is 4.34. The molecular formula is C17H14FNO3S. The van der Waals surface area contributed by atoms with E-state index < -0.39 is 11.1 Å². The average Bonchev–Trinajstić information content (AvgIpc) is 2.83. The average molecular weight is 331 g/mol. The van der Waals surface area contributed by atoms with Gasteiger partial charge in [0.05, 0.1) is 22.9 Å². The number of rotatable bonds is 4. The minimum Gasteiger partial charge on any atom is -0.496 e. The number of para-hydroxylation sites is 1. The van der Waals surface area contributed by atoms with Crippen LogP contribution in [0.4, 0.5) is 10.1 Å². The van der Waals surface area contributed by atoms with Gasteiger partial charge in [0.2, 0.25) is 11.8 Å². The van der Waals surface area contributed by atoms with Crippen LogP contribution < -0.4 is 9.64 Å². The summed E-state index contributed by atoms with van der Waals surface area (Å²) in [5.41, 5.74) is 0.393. The molecular weight excluding hydrogens is 317 g/mol. The zero-order valence-electron chi connectivity index (χ0n) is 12.4. The number of hydrogen-bond donors (Lipinski definition) is 0. The van der Waals surface area contributed by atoms with Gasteiger partial charge in [-0.25, -0.2) is 9.29 Å². The number of methoxy groups -OCH3 is 1. The van der Waals surface area contributed by atoms with Gasteiger partial charge in [-0.1, -0.05) is 12.1 Å². The third-order valence-corrected chi connectivity index (χ3v) is 4.77. The summed E-state index contributed by atoms with van der Waals surface area (Å²) < 4.78 is 18.3. The lowest BCUT2D eigenvalue weighted by Gasteiger charge is -2.15. The van der Waals surface area contributed by atoms with Gasteiger partial charge >= 0.3 is 0 Å². The predicted octanol–water partition coefficient (Wildman–Crippen LogP) is 3.26. The summed E-state index contributed by atoms with van der Waals surface area (Å²) in [5, 5.41) is -0.510. The van der Waals surface area contributed by atoms with E-state index >= 15 is 0 Å². The lowest BCUT2D eigenvalue weighted by molar-refractivity contribution is -0.121. The van der Waals surface area contributed by atoms with Crippen molar-refractivity contribution in [2.24, 2.45) is 0 Å². The number of carbonyl (C=O) groups excluding carboxylic acids is 2. The second-order valence-corrected chi connectivity index (χ2v) is 6.25. The van der Waals surface area contributed by atoms with Crippen LogP contribution in [-0.2, 0) is 9.59 Å². The first-order valence-corrected chi connectivity index (χ1v) is 7.90. The number of ether oxygens (including phenoxy) is 1. The third-order valence-electron chi connectivity index (χ3n) is 3.53. The second kappa shape index (κ2) is 6.42. The summed E-state index contributed by atoms with van der Waals surface area (Å²) in [4.78, 5) is 26.7. The molecule has 4 nitrogen and oxygen atoms in total. The topological polar surface area (TPSA) is 46.6 Å². The molecule has 0 aromatic heterocycles. The first kappa shape index (κ1) is 15.6. The molecule has 2 aromatic carbocycles. The second-order valence-electron chi connectivity index (χ2n) is 5.01. The van der Waals surface area contributed by atoms with Gasteiger partial charge in [0.1, 0.15) is 11.6 Å². The Labute approximate surface area is 137 Å². The monoisotopic (exact) mass is 331 g/mol. The Bertz CT molecular complexity index is 748. The molecule has 1 aliphatic heterocycles. The molecule has 0 radical (unpaired) electrons. The maximum absolute atomic E-state index is 13.0. The van der Waals surface area contributed by atoms with E-state index in [1.54, 1.807) is 13.2 Å². The van der Waals surface area contributed by atoms with Crippen LogP contribution >= 0.6 is 11.8 Å². The van der Waals surface area contributed by atoms with Gasteiger partial charge in [0, 0.05) is 6.42 Å². The van der Waals surface area contributed by atoms with Crippen molar-refractivity contribution in [3.63, 3.8) is 0 Å². The summed E-state index contributed by atoms with van der Waals surface area (Å²) in [7, 11) is 1.56. The molecule has 23 heavy (non-hydrogen) atoms. The van der Waals surface area contributed by atoms with E-state index in [0.29, 0.717) is 11.4 Å². The molecule has 6 heteroatoms. The first-order chi connectivity index (χ1) is 11.1. The first-order valence-electron chi connectivity index (χ1n) is 7.02. The number of halogens is 1. The molecule has 1 saturated heterocycles.